The molecule has 3 rings (SSSR count). The van der Waals surface area contributed by atoms with Crippen LogP contribution in [-0.4, -0.2) is 15.5 Å². The van der Waals surface area contributed by atoms with Crippen molar-refractivity contribution in [1.29, 1.82) is 0 Å². The van der Waals surface area contributed by atoms with E-state index in [-0.39, 0.29) is 22.8 Å². The van der Waals surface area contributed by atoms with E-state index in [2.05, 4.69) is 10.3 Å². The van der Waals surface area contributed by atoms with Crippen LogP contribution in [0.15, 0.2) is 47.3 Å². The highest BCUT2D eigenvalue weighted by molar-refractivity contribution is 6.30. The Kier molecular flexibility index (Phi) is 4.81. The Morgan fingerprint density at radius 3 is 2.76 bits per heavy atom. The molecule has 2 aromatic carbocycles. The predicted octanol–water partition coefficient (Wildman–Crippen LogP) is 3.39. The molecule has 0 aliphatic rings. The number of carbonyl (C=O) groups is 1. The van der Waals surface area contributed by atoms with Gasteiger partial charge < -0.3 is 5.32 Å². The van der Waals surface area contributed by atoms with Crippen LogP contribution < -0.4 is 10.9 Å². The number of hydrogen-bond donors (Lipinski definition) is 1. The van der Waals surface area contributed by atoms with Crippen molar-refractivity contribution >= 4 is 34.1 Å². The van der Waals surface area contributed by atoms with Crippen molar-refractivity contribution in [3.05, 3.63) is 69.5 Å². The van der Waals surface area contributed by atoms with E-state index in [0.717, 1.165) is 6.07 Å². The number of fused-ring (bicyclic) bond motifs is 1. The van der Waals surface area contributed by atoms with Gasteiger partial charge in [0.1, 0.15) is 18.2 Å². The summed E-state index contributed by atoms with van der Waals surface area (Å²) in [6.45, 7) is 1.60. The van der Waals surface area contributed by atoms with E-state index in [1.54, 1.807) is 24.3 Å². The standard InChI is InChI=1S/C18H15ClFN3O2/c1-2-16-21-14-6-4-3-5-12(14)18(25)23(16)10-17(24)22-15-8-7-11(19)9-13(15)20/h3-9H,2,10H2,1H3,(H,22,24). The molecule has 0 saturated carbocycles. The molecule has 1 amide bonds. The van der Waals surface area contributed by atoms with Crippen LogP contribution in [0.5, 0.6) is 0 Å². The molecule has 0 atom stereocenters. The van der Waals surface area contributed by atoms with Crippen molar-refractivity contribution in [3.8, 4) is 0 Å². The molecule has 0 bridgehead atoms. The zero-order valence-corrected chi connectivity index (χ0v) is 14.2. The number of amides is 1. The number of halogens is 2. The van der Waals surface area contributed by atoms with Gasteiger partial charge in [0.15, 0.2) is 0 Å². The maximum Gasteiger partial charge on any atom is 0.261 e. The molecule has 3 aromatic rings. The minimum atomic E-state index is -0.638. The maximum absolute atomic E-state index is 13.8. The topological polar surface area (TPSA) is 64.0 Å². The summed E-state index contributed by atoms with van der Waals surface area (Å²) in [6, 6.07) is 10.9. The van der Waals surface area contributed by atoms with Gasteiger partial charge in [0.05, 0.1) is 16.6 Å². The molecule has 1 N–H and O–H groups in total. The van der Waals surface area contributed by atoms with E-state index in [9.17, 15) is 14.0 Å². The molecule has 128 valence electrons. The van der Waals surface area contributed by atoms with Crippen LogP contribution >= 0.6 is 11.6 Å². The Hall–Kier alpha value is -2.73. The SMILES string of the molecule is CCc1nc2ccccc2c(=O)n1CC(=O)Nc1ccc(Cl)cc1F. The summed E-state index contributed by atoms with van der Waals surface area (Å²) in [5.41, 5.74) is 0.299. The van der Waals surface area contributed by atoms with Crippen molar-refractivity contribution in [2.75, 3.05) is 5.32 Å². The molecular formula is C18H15ClFN3O2. The van der Waals surface area contributed by atoms with E-state index in [4.69, 9.17) is 11.6 Å². The summed E-state index contributed by atoms with van der Waals surface area (Å²) in [5.74, 6) is -0.661. The van der Waals surface area contributed by atoms with Gasteiger partial charge in [-0.25, -0.2) is 9.37 Å². The third-order valence-corrected chi connectivity index (χ3v) is 4.00. The second kappa shape index (κ2) is 7.03. The Balaban J connectivity index is 1.93. The fourth-order valence-electron chi connectivity index (χ4n) is 2.57. The summed E-state index contributed by atoms with van der Waals surface area (Å²) in [7, 11) is 0. The number of aryl methyl sites for hydroxylation is 1. The first-order valence-corrected chi connectivity index (χ1v) is 8.10. The number of para-hydroxylation sites is 1. The van der Waals surface area contributed by atoms with Crippen LogP contribution in [0.25, 0.3) is 10.9 Å². The van der Waals surface area contributed by atoms with Crippen LogP contribution in [0.2, 0.25) is 5.02 Å². The molecule has 0 unspecified atom stereocenters. The molecule has 0 spiro atoms. The number of carbonyl (C=O) groups excluding carboxylic acids is 1. The average molecular weight is 360 g/mol. The molecule has 7 heteroatoms. The normalized spacial score (nSPS) is 10.8. The van der Waals surface area contributed by atoms with Gasteiger partial charge in [-0.2, -0.15) is 0 Å². The first-order chi connectivity index (χ1) is 12.0. The lowest BCUT2D eigenvalue weighted by Gasteiger charge is -2.13. The molecule has 0 aliphatic carbocycles. The Bertz CT molecular complexity index is 1020. The number of aromatic nitrogens is 2. The summed E-state index contributed by atoms with van der Waals surface area (Å²) in [4.78, 5) is 29.4. The van der Waals surface area contributed by atoms with Crippen molar-refractivity contribution in [2.45, 2.75) is 19.9 Å². The highest BCUT2D eigenvalue weighted by Gasteiger charge is 2.14. The number of hydrogen-bond acceptors (Lipinski definition) is 3. The minimum absolute atomic E-state index is 0.00856. The molecule has 0 saturated heterocycles. The van der Waals surface area contributed by atoms with E-state index < -0.39 is 11.7 Å². The molecular weight excluding hydrogens is 345 g/mol. The van der Waals surface area contributed by atoms with Gasteiger partial charge in [-0.3, -0.25) is 14.2 Å². The van der Waals surface area contributed by atoms with Crippen molar-refractivity contribution < 1.29 is 9.18 Å². The number of anilines is 1. The second-order valence-electron chi connectivity index (χ2n) is 5.46. The second-order valence-corrected chi connectivity index (χ2v) is 5.90. The van der Waals surface area contributed by atoms with E-state index in [1.807, 2.05) is 6.92 Å². The summed E-state index contributed by atoms with van der Waals surface area (Å²) in [6.07, 6.45) is 0.489. The van der Waals surface area contributed by atoms with Gasteiger partial charge in [-0.1, -0.05) is 30.7 Å². The van der Waals surface area contributed by atoms with Gasteiger partial charge in [-0.05, 0) is 30.3 Å². The van der Waals surface area contributed by atoms with Gasteiger partial charge in [-0.15, -0.1) is 0 Å². The molecule has 1 aromatic heterocycles. The van der Waals surface area contributed by atoms with Crippen LogP contribution in [-0.2, 0) is 17.8 Å². The zero-order chi connectivity index (χ0) is 18.0. The van der Waals surface area contributed by atoms with Crippen molar-refractivity contribution in [3.63, 3.8) is 0 Å². The molecule has 0 radical (unpaired) electrons. The summed E-state index contributed by atoms with van der Waals surface area (Å²) >= 11 is 5.69. The van der Waals surface area contributed by atoms with Crippen LogP contribution in [0, 0.1) is 5.82 Å². The minimum Gasteiger partial charge on any atom is -0.322 e. The Labute approximate surface area is 148 Å². The fraction of sp³-hybridized carbons (Fsp3) is 0.167. The molecule has 0 fully saturated rings. The van der Waals surface area contributed by atoms with E-state index in [1.165, 1.54) is 16.7 Å². The lowest BCUT2D eigenvalue weighted by atomic mass is 10.2. The molecule has 0 aliphatic heterocycles. The van der Waals surface area contributed by atoms with Crippen LogP contribution in [0.4, 0.5) is 10.1 Å². The highest BCUT2D eigenvalue weighted by Crippen LogP contribution is 2.19. The third kappa shape index (κ3) is 3.53. The maximum atomic E-state index is 13.8. The number of benzene rings is 2. The largest absolute Gasteiger partial charge is 0.322 e. The monoisotopic (exact) mass is 359 g/mol. The van der Waals surface area contributed by atoms with Crippen molar-refractivity contribution in [1.82, 2.24) is 9.55 Å². The molecule has 1 heterocycles. The van der Waals surface area contributed by atoms with Crippen molar-refractivity contribution in [2.24, 2.45) is 0 Å². The van der Waals surface area contributed by atoms with Gasteiger partial charge >= 0.3 is 0 Å². The zero-order valence-electron chi connectivity index (χ0n) is 13.4. The highest BCUT2D eigenvalue weighted by atomic mass is 35.5. The predicted molar refractivity (Wildman–Crippen MR) is 95.4 cm³/mol. The smallest absolute Gasteiger partial charge is 0.261 e. The quantitative estimate of drug-likeness (QED) is 0.776. The third-order valence-electron chi connectivity index (χ3n) is 3.76. The number of nitrogens with one attached hydrogen (secondary N) is 1. The number of nitrogens with zero attached hydrogens (tertiary/aromatic N) is 2. The number of rotatable bonds is 4. The van der Waals surface area contributed by atoms with Gasteiger partial charge in [0.2, 0.25) is 5.91 Å². The molecule has 25 heavy (non-hydrogen) atoms. The first kappa shape index (κ1) is 17.1. The first-order valence-electron chi connectivity index (χ1n) is 7.73. The lowest BCUT2D eigenvalue weighted by Crippen LogP contribution is -2.31. The van der Waals surface area contributed by atoms with E-state index in [0.29, 0.717) is 23.1 Å². The Morgan fingerprint density at radius 2 is 2.04 bits per heavy atom. The molecule has 5 nitrogen and oxygen atoms in total. The van der Waals surface area contributed by atoms with Crippen LogP contribution in [0.3, 0.4) is 0 Å². The van der Waals surface area contributed by atoms with Crippen LogP contribution in [0.1, 0.15) is 12.7 Å². The van der Waals surface area contributed by atoms with E-state index >= 15 is 0 Å². The van der Waals surface area contributed by atoms with Gasteiger partial charge in [0, 0.05) is 11.4 Å². The van der Waals surface area contributed by atoms with Gasteiger partial charge in [0.25, 0.3) is 5.56 Å². The summed E-state index contributed by atoms with van der Waals surface area (Å²) in [5, 5.41) is 3.12. The lowest BCUT2D eigenvalue weighted by molar-refractivity contribution is -0.116. The average Bonchev–Trinajstić information content (AvgIpc) is 2.59. The fourth-order valence-corrected chi connectivity index (χ4v) is 2.73. The summed E-state index contributed by atoms with van der Waals surface area (Å²) < 4.78 is 15.1. The Morgan fingerprint density at radius 1 is 1.28 bits per heavy atom.